The van der Waals surface area contributed by atoms with Crippen molar-refractivity contribution >= 4 is 42.1 Å². The van der Waals surface area contributed by atoms with Crippen LogP contribution in [0, 0.1) is 5.92 Å². The van der Waals surface area contributed by atoms with Crippen LogP contribution >= 0.6 is 36.2 Å². The minimum Gasteiger partial charge on any atom is -0.381 e. The Morgan fingerprint density at radius 2 is 1.92 bits per heavy atom. The maximum Gasteiger partial charge on any atom is 0.239 e. The molecule has 8 heteroatoms. The van der Waals surface area contributed by atoms with Crippen LogP contribution in [0.5, 0.6) is 0 Å². The first-order valence-corrected chi connectivity index (χ1v) is 9.49. The van der Waals surface area contributed by atoms with Crippen molar-refractivity contribution in [3.8, 4) is 0 Å². The summed E-state index contributed by atoms with van der Waals surface area (Å²) in [6.07, 6.45) is 2.93. The third kappa shape index (κ3) is 6.38. The summed E-state index contributed by atoms with van der Waals surface area (Å²) in [5.74, 6) is 0.419. The molecule has 0 bridgehead atoms. The van der Waals surface area contributed by atoms with Gasteiger partial charge < -0.3 is 15.4 Å². The van der Waals surface area contributed by atoms with Crippen molar-refractivity contribution in [1.29, 1.82) is 0 Å². The van der Waals surface area contributed by atoms with E-state index in [1.165, 1.54) is 4.88 Å². The molecule has 144 valence electrons. The van der Waals surface area contributed by atoms with Crippen LogP contribution < -0.4 is 5.73 Å². The summed E-state index contributed by atoms with van der Waals surface area (Å²) < 4.78 is 5.36. The zero-order valence-electron chi connectivity index (χ0n) is 14.5. The van der Waals surface area contributed by atoms with Crippen molar-refractivity contribution < 1.29 is 9.53 Å². The van der Waals surface area contributed by atoms with Gasteiger partial charge in [-0.2, -0.15) is 0 Å². The van der Waals surface area contributed by atoms with Crippen LogP contribution in [0.4, 0.5) is 0 Å². The molecule has 0 aliphatic carbocycles. The van der Waals surface area contributed by atoms with Gasteiger partial charge in [-0.15, -0.1) is 36.2 Å². The zero-order valence-corrected chi connectivity index (χ0v) is 16.9. The quantitative estimate of drug-likeness (QED) is 0.807. The van der Waals surface area contributed by atoms with Gasteiger partial charge in [-0.05, 0) is 36.6 Å². The highest BCUT2D eigenvalue weighted by Gasteiger charge is 2.31. The number of ether oxygens (including phenoxy) is 1. The summed E-state index contributed by atoms with van der Waals surface area (Å²) in [7, 11) is 0. The third-order valence-corrected chi connectivity index (χ3v) is 5.93. The molecule has 5 nitrogen and oxygen atoms in total. The van der Waals surface area contributed by atoms with Gasteiger partial charge in [-0.25, -0.2) is 0 Å². The molecule has 2 fully saturated rings. The molecule has 2 saturated heterocycles. The normalized spacial score (nSPS) is 20.4. The zero-order chi connectivity index (χ0) is 16.1. The lowest BCUT2D eigenvalue weighted by Crippen LogP contribution is -2.55. The molecule has 0 saturated carbocycles. The van der Waals surface area contributed by atoms with E-state index in [0.29, 0.717) is 0 Å². The fourth-order valence-electron chi connectivity index (χ4n) is 3.40. The molecule has 0 spiro atoms. The molecule has 2 N–H and O–H groups in total. The Bertz CT molecular complexity index is 490. The summed E-state index contributed by atoms with van der Waals surface area (Å²) in [6, 6.07) is 3.95. The maximum atomic E-state index is 12.6. The van der Waals surface area contributed by atoms with E-state index in [9.17, 15) is 4.79 Å². The summed E-state index contributed by atoms with van der Waals surface area (Å²) in [4.78, 5) is 18.4. The largest absolute Gasteiger partial charge is 0.381 e. The second kappa shape index (κ2) is 11.4. The minimum atomic E-state index is -0.350. The van der Waals surface area contributed by atoms with Gasteiger partial charge in [0.25, 0.3) is 0 Å². The highest BCUT2D eigenvalue weighted by Crippen LogP contribution is 2.19. The molecule has 0 radical (unpaired) electrons. The Morgan fingerprint density at radius 1 is 1.24 bits per heavy atom. The van der Waals surface area contributed by atoms with E-state index < -0.39 is 0 Å². The highest BCUT2D eigenvalue weighted by atomic mass is 35.5. The van der Waals surface area contributed by atoms with Gasteiger partial charge in [0.2, 0.25) is 5.91 Å². The number of amides is 1. The van der Waals surface area contributed by atoms with Crippen molar-refractivity contribution in [2.75, 3.05) is 45.9 Å². The number of nitrogens with two attached hydrogens (primary N) is 1. The predicted octanol–water partition coefficient (Wildman–Crippen LogP) is 2.03. The van der Waals surface area contributed by atoms with Crippen LogP contribution in [0.25, 0.3) is 0 Å². The number of nitrogens with zero attached hydrogens (tertiary/aromatic N) is 2. The van der Waals surface area contributed by atoms with E-state index >= 15 is 0 Å². The summed E-state index contributed by atoms with van der Waals surface area (Å²) >= 11 is 1.82. The van der Waals surface area contributed by atoms with Crippen LogP contribution in [0.2, 0.25) is 0 Å². The topological polar surface area (TPSA) is 58.8 Å². The number of piperazine rings is 1. The number of halogens is 2. The smallest absolute Gasteiger partial charge is 0.239 e. The summed E-state index contributed by atoms with van der Waals surface area (Å²) in [5, 5.41) is 2.13. The number of carbonyl (C=O) groups is 1. The monoisotopic (exact) mass is 409 g/mol. The standard InChI is InChI=1S/C17H27N3O2S.2ClH/c18-16(14-4-11-22-12-5-14)17(21)20-9-7-19(8-10-20)6-3-15-2-1-13-23-15;;/h1-2,13-14,16H,3-12,18H2;2*1H. The van der Waals surface area contributed by atoms with E-state index in [2.05, 4.69) is 22.4 Å². The SMILES string of the molecule is Cl.Cl.NC(C(=O)N1CCN(CCc2cccs2)CC1)C1CCOCC1. The molecule has 2 aliphatic rings. The summed E-state index contributed by atoms with van der Waals surface area (Å²) in [6.45, 7) is 6.08. The van der Waals surface area contributed by atoms with Gasteiger partial charge in [0, 0.05) is 50.8 Å². The predicted molar refractivity (Wildman–Crippen MR) is 107 cm³/mol. The number of hydrogen-bond acceptors (Lipinski definition) is 5. The first-order chi connectivity index (χ1) is 11.2. The third-order valence-electron chi connectivity index (χ3n) is 5.00. The van der Waals surface area contributed by atoms with Gasteiger partial charge in [-0.3, -0.25) is 9.69 Å². The Kier molecular flexibility index (Phi) is 10.3. The number of hydrogen-bond donors (Lipinski definition) is 1. The van der Waals surface area contributed by atoms with Crippen molar-refractivity contribution in [3.63, 3.8) is 0 Å². The molecule has 2 aliphatic heterocycles. The molecule has 25 heavy (non-hydrogen) atoms. The van der Waals surface area contributed by atoms with E-state index in [0.717, 1.165) is 65.2 Å². The fraction of sp³-hybridized carbons (Fsp3) is 0.706. The highest BCUT2D eigenvalue weighted by molar-refractivity contribution is 7.09. The minimum absolute atomic E-state index is 0. The molecule has 0 aromatic carbocycles. The van der Waals surface area contributed by atoms with Crippen molar-refractivity contribution in [2.45, 2.75) is 25.3 Å². The Labute approximate surface area is 166 Å². The fourth-order valence-corrected chi connectivity index (χ4v) is 4.10. The Balaban J connectivity index is 0.00000156. The Morgan fingerprint density at radius 3 is 2.52 bits per heavy atom. The van der Waals surface area contributed by atoms with Crippen LogP contribution in [0.3, 0.4) is 0 Å². The van der Waals surface area contributed by atoms with Gasteiger partial charge in [-0.1, -0.05) is 6.07 Å². The van der Waals surface area contributed by atoms with Crippen LogP contribution in [-0.4, -0.2) is 67.7 Å². The van der Waals surface area contributed by atoms with Crippen molar-refractivity contribution in [1.82, 2.24) is 9.80 Å². The van der Waals surface area contributed by atoms with Crippen molar-refractivity contribution in [3.05, 3.63) is 22.4 Å². The van der Waals surface area contributed by atoms with Crippen LogP contribution in [0.1, 0.15) is 17.7 Å². The first-order valence-electron chi connectivity index (χ1n) is 8.61. The summed E-state index contributed by atoms with van der Waals surface area (Å²) in [5.41, 5.74) is 6.22. The lowest BCUT2D eigenvalue weighted by Gasteiger charge is -2.37. The molecule has 1 aromatic rings. The Hall–Kier alpha value is -0.370. The van der Waals surface area contributed by atoms with Gasteiger partial charge >= 0.3 is 0 Å². The van der Waals surface area contributed by atoms with E-state index in [1.54, 1.807) is 0 Å². The second-order valence-electron chi connectivity index (χ2n) is 6.47. The lowest BCUT2D eigenvalue weighted by molar-refractivity contribution is -0.136. The average Bonchev–Trinajstić information content (AvgIpc) is 3.13. The molecule has 3 heterocycles. The molecular weight excluding hydrogens is 381 g/mol. The average molecular weight is 410 g/mol. The van der Waals surface area contributed by atoms with Crippen molar-refractivity contribution in [2.24, 2.45) is 11.7 Å². The molecule has 1 amide bonds. The van der Waals surface area contributed by atoms with E-state index in [-0.39, 0.29) is 42.7 Å². The van der Waals surface area contributed by atoms with E-state index in [1.807, 2.05) is 16.2 Å². The second-order valence-corrected chi connectivity index (χ2v) is 7.50. The lowest BCUT2D eigenvalue weighted by atomic mass is 9.91. The molecule has 1 unspecified atom stereocenters. The molecule has 1 atom stereocenters. The van der Waals surface area contributed by atoms with Gasteiger partial charge in [0.1, 0.15) is 0 Å². The number of carbonyl (C=O) groups excluding carboxylic acids is 1. The number of rotatable bonds is 5. The maximum absolute atomic E-state index is 12.6. The van der Waals surface area contributed by atoms with Crippen LogP contribution in [0.15, 0.2) is 17.5 Å². The van der Waals surface area contributed by atoms with Gasteiger partial charge in [0.05, 0.1) is 6.04 Å². The molecule has 1 aromatic heterocycles. The molecular formula is C17H29Cl2N3O2S. The number of thiophene rings is 1. The molecule has 3 rings (SSSR count). The van der Waals surface area contributed by atoms with Gasteiger partial charge in [0.15, 0.2) is 0 Å². The first kappa shape index (κ1) is 22.7. The van der Waals surface area contributed by atoms with E-state index in [4.69, 9.17) is 10.5 Å². The van der Waals surface area contributed by atoms with Crippen LogP contribution in [-0.2, 0) is 16.0 Å².